The highest BCUT2D eigenvalue weighted by Crippen LogP contribution is 2.01. The maximum absolute atomic E-state index is 11.4. The van der Waals surface area contributed by atoms with Gasteiger partial charge in [0.25, 0.3) is 0 Å². The summed E-state index contributed by atoms with van der Waals surface area (Å²) in [6, 6.07) is 1.54. The molecule has 0 fully saturated rings. The van der Waals surface area contributed by atoms with Gasteiger partial charge in [0.1, 0.15) is 12.0 Å². The number of sulfonamides is 1. The third kappa shape index (κ3) is 3.89. The van der Waals surface area contributed by atoms with Crippen LogP contribution in [-0.2, 0) is 15.8 Å². The van der Waals surface area contributed by atoms with Crippen LogP contribution in [0.4, 0.5) is 0 Å². The molecule has 1 heterocycles. The Bertz CT molecular complexity index is 345. The lowest BCUT2D eigenvalue weighted by molar-refractivity contribution is 0.413. The van der Waals surface area contributed by atoms with E-state index in [-0.39, 0.29) is 5.75 Å². The second-order valence-electron chi connectivity index (χ2n) is 3.00. The molecule has 5 nitrogen and oxygen atoms in total. The van der Waals surface area contributed by atoms with Gasteiger partial charge in [-0.2, -0.15) is 0 Å². The molecular weight excluding hydrogens is 204 g/mol. The molecule has 0 bridgehead atoms. The Kier molecular flexibility index (Phi) is 4.09. The molecular formula is C8H14N2O3S. The van der Waals surface area contributed by atoms with Gasteiger partial charge in [-0.3, -0.25) is 0 Å². The van der Waals surface area contributed by atoms with Crippen molar-refractivity contribution in [1.29, 1.82) is 0 Å². The summed E-state index contributed by atoms with van der Waals surface area (Å²) in [5.74, 6) is -0.118. The fourth-order valence-corrected chi connectivity index (χ4v) is 2.06. The van der Waals surface area contributed by atoms with E-state index in [1.807, 2.05) is 6.92 Å². The van der Waals surface area contributed by atoms with Crippen LogP contribution in [-0.4, -0.2) is 20.1 Å². The molecule has 0 aliphatic rings. The average Bonchev–Trinajstić information content (AvgIpc) is 2.56. The molecule has 1 aromatic rings. The van der Waals surface area contributed by atoms with E-state index in [0.29, 0.717) is 12.2 Å². The molecule has 0 atom stereocenters. The second-order valence-corrected chi connectivity index (χ2v) is 4.80. The van der Waals surface area contributed by atoms with Crippen molar-refractivity contribution in [2.45, 2.75) is 25.5 Å². The Morgan fingerprint density at radius 1 is 1.57 bits per heavy atom. The Hall–Kier alpha value is -0.880. The molecule has 0 aromatic carbocycles. The minimum absolute atomic E-state index is 0.118. The lowest BCUT2D eigenvalue weighted by atomic mass is 10.3. The first kappa shape index (κ1) is 11.2. The number of nitrogens with zero attached hydrogens (tertiary/aromatic N) is 1. The normalized spacial score (nSPS) is 11.8. The van der Waals surface area contributed by atoms with Crippen LogP contribution in [0.3, 0.4) is 0 Å². The first-order valence-corrected chi connectivity index (χ1v) is 6.16. The molecule has 14 heavy (non-hydrogen) atoms. The maximum Gasteiger partial charge on any atom is 0.217 e. The number of rotatable bonds is 6. The van der Waals surface area contributed by atoms with Gasteiger partial charge in [-0.25, -0.2) is 13.1 Å². The lowest BCUT2D eigenvalue weighted by Crippen LogP contribution is -2.26. The third-order valence-corrected chi connectivity index (χ3v) is 3.00. The zero-order valence-corrected chi connectivity index (χ0v) is 8.88. The highest BCUT2D eigenvalue weighted by Gasteiger charge is 2.12. The van der Waals surface area contributed by atoms with Gasteiger partial charge >= 0.3 is 0 Å². The van der Waals surface area contributed by atoms with Crippen molar-refractivity contribution in [3.63, 3.8) is 0 Å². The van der Waals surface area contributed by atoms with Crippen molar-refractivity contribution in [2.24, 2.45) is 0 Å². The average molecular weight is 218 g/mol. The summed E-state index contributed by atoms with van der Waals surface area (Å²) in [5, 5.41) is 3.54. The molecule has 0 amide bonds. The lowest BCUT2D eigenvalue weighted by Gasteiger charge is -2.03. The second kappa shape index (κ2) is 5.11. The van der Waals surface area contributed by atoms with E-state index in [2.05, 4.69) is 14.4 Å². The summed E-state index contributed by atoms with van der Waals surface area (Å²) in [7, 11) is -3.25. The van der Waals surface area contributed by atoms with Gasteiger partial charge < -0.3 is 4.52 Å². The van der Waals surface area contributed by atoms with Crippen molar-refractivity contribution in [3.05, 3.63) is 18.0 Å². The summed E-state index contributed by atoms with van der Waals surface area (Å²) in [5.41, 5.74) is 0.425. The van der Waals surface area contributed by atoms with Gasteiger partial charge in [0.2, 0.25) is 10.0 Å². The zero-order chi connectivity index (χ0) is 10.4. The van der Waals surface area contributed by atoms with Crippen LogP contribution < -0.4 is 4.72 Å². The zero-order valence-electron chi connectivity index (χ0n) is 8.06. The molecule has 1 aromatic heterocycles. The van der Waals surface area contributed by atoms with Crippen molar-refractivity contribution in [2.75, 3.05) is 6.54 Å². The van der Waals surface area contributed by atoms with Crippen LogP contribution in [0.25, 0.3) is 0 Å². The summed E-state index contributed by atoms with van der Waals surface area (Å²) in [6.45, 7) is 2.49. The molecule has 0 saturated heterocycles. The summed E-state index contributed by atoms with van der Waals surface area (Å²) in [4.78, 5) is 0. The summed E-state index contributed by atoms with van der Waals surface area (Å²) < 4.78 is 29.8. The fourth-order valence-electron chi connectivity index (χ4n) is 0.962. The number of hydrogen-bond donors (Lipinski definition) is 1. The van der Waals surface area contributed by atoms with Crippen LogP contribution in [0.15, 0.2) is 16.9 Å². The van der Waals surface area contributed by atoms with Gasteiger partial charge in [0, 0.05) is 12.6 Å². The number of aromatic nitrogens is 1. The van der Waals surface area contributed by atoms with E-state index in [0.717, 1.165) is 12.8 Å². The van der Waals surface area contributed by atoms with Crippen molar-refractivity contribution >= 4 is 10.0 Å². The number of hydrogen-bond acceptors (Lipinski definition) is 4. The summed E-state index contributed by atoms with van der Waals surface area (Å²) in [6.07, 6.45) is 3.17. The molecule has 0 aliphatic heterocycles. The van der Waals surface area contributed by atoms with Gasteiger partial charge in [0.15, 0.2) is 0 Å². The Balaban J connectivity index is 2.42. The monoisotopic (exact) mass is 218 g/mol. The molecule has 1 rings (SSSR count). The largest absolute Gasteiger partial charge is 0.364 e. The van der Waals surface area contributed by atoms with Gasteiger partial charge in [0.05, 0.1) is 5.69 Å². The van der Waals surface area contributed by atoms with Crippen LogP contribution in [0.2, 0.25) is 0 Å². The molecule has 0 spiro atoms. The van der Waals surface area contributed by atoms with Crippen LogP contribution in [0, 0.1) is 0 Å². The van der Waals surface area contributed by atoms with E-state index in [9.17, 15) is 8.42 Å². The van der Waals surface area contributed by atoms with E-state index < -0.39 is 10.0 Å². The predicted octanol–water partition coefficient (Wildman–Crippen LogP) is 0.894. The van der Waals surface area contributed by atoms with Crippen molar-refractivity contribution in [1.82, 2.24) is 9.88 Å². The minimum Gasteiger partial charge on any atom is -0.364 e. The van der Waals surface area contributed by atoms with E-state index >= 15 is 0 Å². The third-order valence-electron chi connectivity index (χ3n) is 1.68. The van der Waals surface area contributed by atoms with Gasteiger partial charge in [-0.1, -0.05) is 18.5 Å². The molecule has 0 aliphatic carbocycles. The standard InChI is InChI=1S/C8H14N2O3S/c1-2-3-5-9-14(11,12)7-8-4-6-13-10-8/h4,6,9H,2-3,5,7H2,1H3. The van der Waals surface area contributed by atoms with Crippen molar-refractivity contribution in [3.8, 4) is 0 Å². The first-order chi connectivity index (χ1) is 6.64. The predicted molar refractivity (Wildman–Crippen MR) is 52.0 cm³/mol. The van der Waals surface area contributed by atoms with Gasteiger partial charge in [-0.05, 0) is 6.42 Å². The Morgan fingerprint density at radius 2 is 2.36 bits per heavy atom. The minimum atomic E-state index is -3.25. The van der Waals surface area contributed by atoms with Crippen LogP contribution in [0.1, 0.15) is 25.5 Å². The Morgan fingerprint density at radius 3 is 2.93 bits per heavy atom. The van der Waals surface area contributed by atoms with E-state index in [4.69, 9.17) is 0 Å². The van der Waals surface area contributed by atoms with E-state index in [1.165, 1.54) is 6.26 Å². The fraction of sp³-hybridized carbons (Fsp3) is 0.625. The molecule has 0 radical (unpaired) electrons. The molecule has 0 saturated carbocycles. The summed E-state index contributed by atoms with van der Waals surface area (Å²) >= 11 is 0. The topological polar surface area (TPSA) is 72.2 Å². The van der Waals surface area contributed by atoms with Crippen LogP contribution >= 0.6 is 0 Å². The smallest absolute Gasteiger partial charge is 0.217 e. The molecule has 1 N–H and O–H groups in total. The number of nitrogens with one attached hydrogen (secondary N) is 1. The number of unbranched alkanes of at least 4 members (excludes halogenated alkanes) is 1. The van der Waals surface area contributed by atoms with Crippen LogP contribution in [0.5, 0.6) is 0 Å². The van der Waals surface area contributed by atoms with Gasteiger partial charge in [-0.15, -0.1) is 0 Å². The quantitative estimate of drug-likeness (QED) is 0.720. The molecule has 80 valence electrons. The highest BCUT2D eigenvalue weighted by atomic mass is 32.2. The van der Waals surface area contributed by atoms with E-state index in [1.54, 1.807) is 6.07 Å². The van der Waals surface area contributed by atoms with Crippen molar-refractivity contribution < 1.29 is 12.9 Å². The molecule has 6 heteroatoms. The SMILES string of the molecule is CCCCNS(=O)(=O)Cc1ccon1. The first-order valence-electron chi connectivity index (χ1n) is 4.50. The Labute approximate surface area is 83.5 Å². The molecule has 0 unspecified atom stereocenters. The maximum atomic E-state index is 11.4. The highest BCUT2D eigenvalue weighted by molar-refractivity contribution is 7.88.